The predicted molar refractivity (Wildman–Crippen MR) is 73.6 cm³/mol. The van der Waals surface area contributed by atoms with Crippen LogP contribution in [0.5, 0.6) is 0 Å². The number of anilines is 1. The highest BCUT2D eigenvalue weighted by Gasteiger charge is 2.28. The molecule has 1 aliphatic carbocycles. The van der Waals surface area contributed by atoms with Crippen LogP contribution in [-0.4, -0.2) is 30.0 Å². The molecule has 1 unspecified atom stereocenters. The van der Waals surface area contributed by atoms with Crippen LogP contribution < -0.4 is 5.73 Å². The molecule has 20 heavy (non-hydrogen) atoms. The lowest BCUT2D eigenvalue weighted by Crippen LogP contribution is -2.22. The minimum Gasteiger partial charge on any atom is -0.390 e. The molecule has 1 aliphatic heterocycles. The lowest BCUT2D eigenvalue weighted by molar-refractivity contribution is -0.0941. The van der Waals surface area contributed by atoms with Gasteiger partial charge < -0.3 is 19.7 Å². The van der Waals surface area contributed by atoms with E-state index in [1.807, 2.05) is 0 Å². The molecule has 6 nitrogen and oxygen atoms in total. The number of nitrogens with two attached hydrogens (primary N) is 1. The number of hydrogen-bond acceptors (Lipinski definition) is 7. The molecule has 2 N–H and O–H groups in total. The van der Waals surface area contributed by atoms with E-state index in [4.69, 9.17) is 19.7 Å². The van der Waals surface area contributed by atoms with Gasteiger partial charge >= 0.3 is 0 Å². The Morgan fingerprint density at radius 2 is 2.20 bits per heavy atom. The van der Waals surface area contributed by atoms with Gasteiger partial charge in [-0.15, -0.1) is 11.3 Å². The molecule has 0 bridgehead atoms. The second-order valence-corrected chi connectivity index (χ2v) is 6.13. The molecule has 2 aliphatic rings. The molecule has 3 heterocycles. The van der Waals surface area contributed by atoms with E-state index in [1.54, 1.807) is 11.3 Å². The molecule has 106 valence electrons. The first kappa shape index (κ1) is 12.3. The van der Waals surface area contributed by atoms with Crippen molar-refractivity contribution in [2.24, 2.45) is 0 Å². The zero-order chi connectivity index (χ0) is 13.5. The summed E-state index contributed by atoms with van der Waals surface area (Å²) in [5.41, 5.74) is 8.32. The van der Waals surface area contributed by atoms with E-state index in [0.717, 1.165) is 23.4 Å². The molecule has 1 saturated heterocycles. The number of rotatable bonds is 2. The average Bonchev–Trinajstić information content (AvgIpc) is 3.15. The van der Waals surface area contributed by atoms with Gasteiger partial charge in [0.2, 0.25) is 5.82 Å². The Labute approximate surface area is 119 Å². The van der Waals surface area contributed by atoms with Crippen LogP contribution in [0.2, 0.25) is 0 Å². The average molecular weight is 293 g/mol. The van der Waals surface area contributed by atoms with Gasteiger partial charge in [0.1, 0.15) is 6.10 Å². The van der Waals surface area contributed by atoms with Crippen molar-refractivity contribution in [3.8, 4) is 11.5 Å². The third kappa shape index (κ3) is 1.93. The largest absolute Gasteiger partial charge is 0.390 e. The molecule has 0 aromatic carbocycles. The zero-order valence-electron chi connectivity index (χ0n) is 10.9. The van der Waals surface area contributed by atoms with Gasteiger partial charge in [-0.1, -0.05) is 5.16 Å². The number of nitrogen functional groups attached to an aromatic ring is 1. The fourth-order valence-corrected chi connectivity index (χ4v) is 3.92. The van der Waals surface area contributed by atoms with E-state index in [9.17, 15) is 0 Å². The van der Waals surface area contributed by atoms with Gasteiger partial charge in [0.05, 0.1) is 30.4 Å². The SMILES string of the molecule is Nc1sc2c(c1-c1nc(C3COCCO3)no1)CCC2. The van der Waals surface area contributed by atoms with Crippen molar-refractivity contribution in [2.75, 3.05) is 25.6 Å². The number of thiophene rings is 1. The van der Waals surface area contributed by atoms with Gasteiger partial charge in [0, 0.05) is 4.88 Å². The van der Waals surface area contributed by atoms with Crippen LogP contribution in [0.3, 0.4) is 0 Å². The fourth-order valence-electron chi connectivity index (χ4n) is 2.76. The molecule has 0 amide bonds. The fraction of sp³-hybridized carbons (Fsp3) is 0.538. The molecule has 0 radical (unpaired) electrons. The Morgan fingerprint density at radius 1 is 1.25 bits per heavy atom. The zero-order valence-corrected chi connectivity index (χ0v) is 11.7. The Hall–Kier alpha value is -1.44. The molecule has 0 spiro atoms. The normalized spacial score (nSPS) is 22.1. The molecular weight excluding hydrogens is 278 g/mol. The quantitative estimate of drug-likeness (QED) is 0.911. The van der Waals surface area contributed by atoms with E-state index >= 15 is 0 Å². The maximum Gasteiger partial charge on any atom is 0.261 e. The first-order valence-corrected chi connectivity index (χ1v) is 7.58. The van der Waals surface area contributed by atoms with E-state index in [0.29, 0.717) is 31.5 Å². The van der Waals surface area contributed by atoms with E-state index in [2.05, 4.69) is 10.1 Å². The number of aryl methyl sites for hydroxylation is 1. The van der Waals surface area contributed by atoms with Crippen LogP contribution in [0.25, 0.3) is 11.5 Å². The van der Waals surface area contributed by atoms with Crippen molar-refractivity contribution in [3.05, 3.63) is 16.3 Å². The molecule has 2 aromatic rings. The second-order valence-electron chi connectivity index (χ2n) is 4.99. The first-order chi connectivity index (χ1) is 9.83. The monoisotopic (exact) mass is 293 g/mol. The summed E-state index contributed by atoms with van der Waals surface area (Å²) in [4.78, 5) is 5.81. The highest BCUT2D eigenvalue weighted by molar-refractivity contribution is 7.16. The van der Waals surface area contributed by atoms with Gasteiger partial charge in [-0.05, 0) is 24.8 Å². The van der Waals surface area contributed by atoms with Crippen LogP contribution in [0.4, 0.5) is 5.00 Å². The Bertz CT molecular complexity index is 631. The summed E-state index contributed by atoms with van der Waals surface area (Å²) >= 11 is 1.64. The minimum atomic E-state index is -0.242. The van der Waals surface area contributed by atoms with Gasteiger partial charge in [0.15, 0.2) is 0 Å². The molecule has 1 fully saturated rings. The van der Waals surface area contributed by atoms with Crippen molar-refractivity contribution < 1.29 is 14.0 Å². The van der Waals surface area contributed by atoms with Gasteiger partial charge in [-0.3, -0.25) is 0 Å². The van der Waals surface area contributed by atoms with E-state index in [1.165, 1.54) is 16.9 Å². The molecule has 2 aromatic heterocycles. The first-order valence-electron chi connectivity index (χ1n) is 6.76. The Morgan fingerprint density at radius 3 is 3.05 bits per heavy atom. The summed E-state index contributed by atoms with van der Waals surface area (Å²) in [6, 6.07) is 0. The number of fused-ring (bicyclic) bond motifs is 1. The number of ether oxygens (including phenoxy) is 2. The Balaban J connectivity index is 1.68. The Kier molecular flexibility index (Phi) is 2.98. The van der Waals surface area contributed by atoms with Gasteiger partial charge in [-0.25, -0.2) is 0 Å². The lowest BCUT2D eigenvalue weighted by atomic mass is 10.1. The molecule has 4 rings (SSSR count). The molecule has 7 heteroatoms. The predicted octanol–water partition coefficient (Wildman–Crippen LogP) is 1.96. The summed E-state index contributed by atoms with van der Waals surface area (Å²) in [5, 5.41) is 4.79. The van der Waals surface area contributed by atoms with Gasteiger partial charge in [-0.2, -0.15) is 4.98 Å². The third-order valence-corrected chi connectivity index (χ3v) is 4.83. The van der Waals surface area contributed by atoms with Crippen LogP contribution in [0, 0.1) is 0 Å². The maximum absolute atomic E-state index is 6.11. The summed E-state index contributed by atoms with van der Waals surface area (Å²) < 4.78 is 16.3. The van der Waals surface area contributed by atoms with E-state index in [-0.39, 0.29) is 6.10 Å². The summed E-state index contributed by atoms with van der Waals surface area (Å²) in [6.07, 6.45) is 3.08. The van der Waals surface area contributed by atoms with Crippen molar-refractivity contribution in [1.82, 2.24) is 10.1 Å². The van der Waals surface area contributed by atoms with Crippen LogP contribution >= 0.6 is 11.3 Å². The smallest absolute Gasteiger partial charge is 0.261 e. The highest BCUT2D eigenvalue weighted by atomic mass is 32.1. The topological polar surface area (TPSA) is 83.4 Å². The third-order valence-electron chi connectivity index (χ3n) is 3.71. The highest BCUT2D eigenvalue weighted by Crippen LogP contribution is 2.42. The van der Waals surface area contributed by atoms with Crippen molar-refractivity contribution >= 4 is 16.3 Å². The van der Waals surface area contributed by atoms with Gasteiger partial charge in [0.25, 0.3) is 5.89 Å². The lowest BCUT2D eigenvalue weighted by Gasteiger charge is -2.19. The van der Waals surface area contributed by atoms with Crippen LogP contribution in [-0.2, 0) is 22.3 Å². The number of nitrogens with zero attached hydrogens (tertiary/aromatic N) is 2. The van der Waals surface area contributed by atoms with Crippen molar-refractivity contribution in [3.63, 3.8) is 0 Å². The summed E-state index contributed by atoms with van der Waals surface area (Å²) in [5.74, 6) is 1.04. The standard InChI is InChI=1S/C13H15N3O3S/c14-11-10(7-2-1-3-9(7)20-11)13-15-12(16-19-13)8-6-17-4-5-18-8/h8H,1-6,14H2. The second kappa shape index (κ2) is 4.83. The summed E-state index contributed by atoms with van der Waals surface area (Å²) in [6.45, 7) is 1.65. The number of hydrogen-bond donors (Lipinski definition) is 1. The molecule has 1 atom stereocenters. The van der Waals surface area contributed by atoms with Crippen LogP contribution in [0.15, 0.2) is 4.52 Å². The van der Waals surface area contributed by atoms with Crippen molar-refractivity contribution in [1.29, 1.82) is 0 Å². The summed E-state index contributed by atoms with van der Waals surface area (Å²) in [7, 11) is 0. The molecule has 0 saturated carbocycles. The maximum atomic E-state index is 6.11. The molecular formula is C13H15N3O3S. The minimum absolute atomic E-state index is 0.242. The van der Waals surface area contributed by atoms with E-state index < -0.39 is 0 Å². The number of aromatic nitrogens is 2. The van der Waals surface area contributed by atoms with Crippen molar-refractivity contribution in [2.45, 2.75) is 25.4 Å². The van der Waals surface area contributed by atoms with Crippen LogP contribution in [0.1, 0.15) is 28.8 Å².